The van der Waals surface area contributed by atoms with Gasteiger partial charge in [-0.3, -0.25) is 4.98 Å². The van der Waals surface area contributed by atoms with E-state index < -0.39 is 5.60 Å². The fraction of sp³-hybridized carbons (Fsp3) is 0.400. The number of para-hydroxylation sites is 1. The van der Waals surface area contributed by atoms with Gasteiger partial charge in [0.15, 0.2) is 0 Å². The summed E-state index contributed by atoms with van der Waals surface area (Å²) in [6.07, 6.45) is 3.12. The minimum atomic E-state index is -0.814. The van der Waals surface area contributed by atoms with Crippen molar-refractivity contribution in [2.75, 3.05) is 6.61 Å². The van der Waals surface area contributed by atoms with Gasteiger partial charge in [0.25, 0.3) is 0 Å². The number of hydrogen-bond acceptors (Lipinski definition) is 3. The number of aliphatic hydroxyl groups is 1. The third-order valence-electron chi connectivity index (χ3n) is 3.68. The standard InChI is InChI=1S/C15H17NO2/c1-11-10-15(17,7-9-18-11)13-6-2-4-12-5-3-8-16-14(12)13/h2-6,8,11,17H,7,9-10H2,1H3. The molecule has 0 bridgehead atoms. The first-order valence-electron chi connectivity index (χ1n) is 6.37. The quantitative estimate of drug-likeness (QED) is 0.837. The Balaban J connectivity index is 2.13. The average Bonchev–Trinajstić information content (AvgIpc) is 2.38. The molecule has 0 saturated carbocycles. The molecule has 3 rings (SSSR count). The zero-order valence-electron chi connectivity index (χ0n) is 10.5. The number of rotatable bonds is 1. The lowest BCUT2D eigenvalue weighted by atomic mass is 9.83. The average molecular weight is 243 g/mol. The molecule has 3 nitrogen and oxygen atoms in total. The lowest BCUT2D eigenvalue weighted by Crippen LogP contribution is -2.37. The normalized spacial score (nSPS) is 28.4. The van der Waals surface area contributed by atoms with Crippen molar-refractivity contribution < 1.29 is 9.84 Å². The van der Waals surface area contributed by atoms with E-state index in [1.165, 1.54) is 0 Å². The Labute approximate surface area is 106 Å². The largest absolute Gasteiger partial charge is 0.385 e. The van der Waals surface area contributed by atoms with E-state index in [0.717, 1.165) is 16.5 Å². The van der Waals surface area contributed by atoms with Crippen LogP contribution in [0.4, 0.5) is 0 Å². The summed E-state index contributed by atoms with van der Waals surface area (Å²) >= 11 is 0. The minimum Gasteiger partial charge on any atom is -0.385 e. The van der Waals surface area contributed by atoms with Crippen LogP contribution < -0.4 is 0 Å². The van der Waals surface area contributed by atoms with E-state index in [0.29, 0.717) is 19.4 Å². The summed E-state index contributed by atoms with van der Waals surface area (Å²) in [4.78, 5) is 4.43. The maximum atomic E-state index is 10.9. The molecule has 94 valence electrons. The van der Waals surface area contributed by atoms with Crippen LogP contribution in [0.3, 0.4) is 0 Å². The Morgan fingerprint density at radius 3 is 3.00 bits per heavy atom. The molecule has 2 heterocycles. The van der Waals surface area contributed by atoms with Crippen LogP contribution in [0.15, 0.2) is 36.5 Å². The molecule has 3 heteroatoms. The van der Waals surface area contributed by atoms with Crippen molar-refractivity contribution >= 4 is 10.9 Å². The number of nitrogens with zero attached hydrogens (tertiary/aromatic N) is 1. The number of benzene rings is 1. The third kappa shape index (κ3) is 1.89. The van der Waals surface area contributed by atoms with Crippen LogP contribution in [-0.2, 0) is 10.3 Å². The topological polar surface area (TPSA) is 42.4 Å². The molecule has 1 aliphatic rings. The van der Waals surface area contributed by atoms with Crippen LogP contribution in [0, 0.1) is 0 Å². The summed E-state index contributed by atoms with van der Waals surface area (Å²) in [5, 5.41) is 12.0. The Morgan fingerprint density at radius 2 is 2.17 bits per heavy atom. The second-order valence-electron chi connectivity index (χ2n) is 5.05. The lowest BCUT2D eigenvalue weighted by Gasteiger charge is -2.36. The Bertz CT molecular complexity index is 564. The predicted octanol–water partition coefficient (Wildman–Crippen LogP) is 2.62. The van der Waals surface area contributed by atoms with Crippen LogP contribution in [0.2, 0.25) is 0 Å². The third-order valence-corrected chi connectivity index (χ3v) is 3.68. The van der Waals surface area contributed by atoms with Crippen molar-refractivity contribution in [3.05, 3.63) is 42.1 Å². The number of pyridine rings is 1. The van der Waals surface area contributed by atoms with Gasteiger partial charge < -0.3 is 9.84 Å². The molecule has 18 heavy (non-hydrogen) atoms. The number of hydrogen-bond donors (Lipinski definition) is 1. The van der Waals surface area contributed by atoms with Gasteiger partial charge in [-0.05, 0) is 13.0 Å². The van der Waals surface area contributed by atoms with Crippen molar-refractivity contribution in [3.8, 4) is 0 Å². The molecule has 1 aromatic heterocycles. The van der Waals surface area contributed by atoms with Gasteiger partial charge in [0.1, 0.15) is 0 Å². The summed E-state index contributed by atoms with van der Waals surface area (Å²) in [6, 6.07) is 9.93. The first-order valence-corrected chi connectivity index (χ1v) is 6.37. The Hall–Kier alpha value is -1.45. The molecule has 0 radical (unpaired) electrons. The minimum absolute atomic E-state index is 0.0859. The smallest absolute Gasteiger partial charge is 0.0964 e. The van der Waals surface area contributed by atoms with Gasteiger partial charge >= 0.3 is 0 Å². The van der Waals surface area contributed by atoms with Crippen LogP contribution >= 0.6 is 0 Å². The zero-order chi connectivity index (χ0) is 12.6. The highest BCUT2D eigenvalue weighted by atomic mass is 16.5. The second kappa shape index (κ2) is 4.34. The van der Waals surface area contributed by atoms with Gasteiger partial charge in [0.2, 0.25) is 0 Å². The van der Waals surface area contributed by atoms with E-state index >= 15 is 0 Å². The van der Waals surface area contributed by atoms with Gasteiger partial charge in [0.05, 0.1) is 23.8 Å². The Kier molecular flexibility index (Phi) is 2.80. The van der Waals surface area contributed by atoms with E-state index in [9.17, 15) is 5.11 Å². The van der Waals surface area contributed by atoms with Crippen LogP contribution in [0.5, 0.6) is 0 Å². The SMILES string of the molecule is CC1CC(O)(c2cccc3cccnc23)CCO1. The van der Waals surface area contributed by atoms with Gasteiger partial charge in [-0.25, -0.2) is 0 Å². The molecule has 2 atom stereocenters. The molecule has 1 aliphatic heterocycles. The number of fused-ring (bicyclic) bond motifs is 1. The molecule has 1 aromatic carbocycles. The van der Waals surface area contributed by atoms with Crippen LogP contribution in [0.1, 0.15) is 25.3 Å². The van der Waals surface area contributed by atoms with Gasteiger partial charge in [-0.1, -0.05) is 24.3 Å². The first kappa shape index (κ1) is 11.6. The van der Waals surface area contributed by atoms with Crippen molar-refractivity contribution in [2.24, 2.45) is 0 Å². The molecule has 2 unspecified atom stereocenters. The van der Waals surface area contributed by atoms with Gasteiger partial charge in [0, 0.05) is 30.0 Å². The predicted molar refractivity (Wildman–Crippen MR) is 70.3 cm³/mol. The van der Waals surface area contributed by atoms with Crippen molar-refractivity contribution in [2.45, 2.75) is 31.5 Å². The maximum absolute atomic E-state index is 10.9. The fourth-order valence-corrected chi connectivity index (χ4v) is 2.79. The van der Waals surface area contributed by atoms with Crippen LogP contribution in [-0.4, -0.2) is 22.8 Å². The summed E-state index contributed by atoms with van der Waals surface area (Å²) < 4.78 is 5.53. The highest BCUT2D eigenvalue weighted by molar-refractivity contribution is 5.82. The van der Waals surface area contributed by atoms with E-state index in [1.54, 1.807) is 6.20 Å². The van der Waals surface area contributed by atoms with E-state index in [1.807, 2.05) is 37.3 Å². The highest BCUT2D eigenvalue weighted by Crippen LogP contribution is 2.37. The van der Waals surface area contributed by atoms with Crippen molar-refractivity contribution in [1.29, 1.82) is 0 Å². The molecule has 2 aromatic rings. The van der Waals surface area contributed by atoms with E-state index in [4.69, 9.17) is 4.74 Å². The molecular weight excluding hydrogens is 226 g/mol. The molecule has 0 spiro atoms. The molecular formula is C15H17NO2. The first-order chi connectivity index (χ1) is 8.69. The molecule has 0 amide bonds. The summed E-state index contributed by atoms with van der Waals surface area (Å²) in [5.41, 5.74) is 1.01. The fourth-order valence-electron chi connectivity index (χ4n) is 2.79. The lowest BCUT2D eigenvalue weighted by molar-refractivity contribution is -0.101. The van der Waals surface area contributed by atoms with Crippen molar-refractivity contribution in [1.82, 2.24) is 4.98 Å². The van der Waals surface area contributed by atoms with Crippen LogP contribution in [0.25, 0.3) is 10.9 Å². The van der Waals surface area contributed by atoms with E-state index in [2.05, 4.69) is 4.98 Å². The summed E-state index contributed by atoms with van der Waals surface area (Å²) in [6.45, 7) is 2.60. The van der Waals surface area contributed by atoms with Gasteiger partial charge in [-0.15, -0.1) is 0 Å². The maximum Gasteiger partial charge on any atom is 0.0964 e. The zero-order valence-corrected chi connectivity index (χ0v) is 10.5. The summed E-state index contributed by atoms with van der Waals surface area (Å²) in [5.74, 6) is 0. The second-order valence-corrected chi connectivity index (χ2v) is 5.05. The molecule has 1 N–H and O–H groups in total. The monoisotopic (exact) mass is 243 g/mol. The molecule has 0 aliphatic carbocycles. The molecule has 1 saturated heterocycles. The highest BCUT2D eigenvalue weighted by Gasteiger charge is 2.36. The van der Waals surface area contributed by atoms with Gasteiger partial charge in [-0.2, -0.15) is 0 Å². The number of aromatic nitrogens is 1. The van der Waals surface area contributed by atoms with Crippen molar-refractivity contribution in [3.63, 3.8) is 0 Å². The molecule has 1 fully saturated rings. The van der Waals surface area contributed by atoms with E-state index in [-0.39, 0.29) is 6.10 Å². The summed E-state index contributed by atoms with van der Waals surface area (Å²) in [7, 11) is 0. The Morgan fingerprint density at radius 1 is 1.33 bits per heavy atom. The number of ether oxygens (including phenoxy) is 1.